The highest BCUT2D eigenvalue weighted by Crippen LogP contribution is 2.35. The zero-order chi connectivity index (χ0) is 38.4. The van der Waals surface area contributed by atoms with Crippen molar-refractivity contribution in [1.29, 1.82) is 0 Å². The summed E-state index contributed by atoms with van der Waals surface area (Å²) in [5.74, 6) is -1.26. The summed E-state index contributed by atoms with van der Waals surface area (Å²) in [6.45, 7) is 3.35. The van der Waals surface area contributed by atoms with Gasteiger partial charge >= 0.3 is 11.8 Å². The van der Waals surface area contributed by atoms with Crippen LogP contribution in [0.1, 0.15) is 72.3 Å². The molecule has 6 heterocycles. The maximum atomic E-state index is 13.6. The molecule has 288 valence electrons. The molecule has 0 aromatic carbocycles. The number of aliphatic imine (C=N–C) groups is 2. The predicted octanol–water partition coefficient (Wildman–Crippen LogP) is -0.491. The predicted molar refractivity (Wildman–Crippen MR) is 200 cm³/mol. The fourth-order valence-electron chi connectivity index (χ4n) is 7.84. The lowest BCUT2D eigenvalue weighted by molar-refractivity contribution is -0.143. The molecule has 1 aliphatic carbocycles. The van der Waals surface area contributed by atoms with Gasteiger partial charge < -0.3 is 54.0 Å². The van der Waals surface area contributed by atoms with E-state index in [1.165, 1.54) is 0 Å². The fraction of sp³-hybridized carbons (Fsp3) is 0.562. The molecule has 0 unspecified atom stereocenters. The molecule has 2 aromatic heterocycles. The number of carbonyl (C=O) groups is 4. The van der Waals surface area contributed by atoms with Gasteiger partial charge in [-0.15, -0.1) is 0 Å². The van der Waals surface area contributed by atoms with E-state index in [9.17, 15) is 19.2 Å². The highest BCUT2D eigenvalue weighted by molar-refractivity contribution is 6.32. The molecular weight excluding hydrogens is 743 g/mol. The Bertz CT molecular complexity index is 1800. The van der Waals surface area contributed by atoms with Crippen molar-refractivity contribution in [2.24, 2.45) is 21.8 Å². The summed E-state index contributed by atoms with van der Waals surface area (Å²) < 4.78 is 0. The molecule has 0 radical (unpaired) electrons. The van der Waals surface area contributed by atoms with Crippen LogP contribution in [0.2, 0.25) is 10.3 Å². The lowest BCUT2D eigenvalue weighted by Crippen LogP contribution is -2.55. The van der Waals surface area contributed by atoms with Crippen molar-refractivity contribution in [2.45, 2.75) is 62.4 Å². The molecular formula is C32H42Cl2N16O4. The zero-order valence-corrected chi connectivity index (χ0v) is 30.8. The van der Waals surface area contributed by atoms with Crippen LogP contribution in [-0.4, -0.2) is 116 Å². The third-order valence-electron chi connectivity index (χ3n) is 11.1. The number of halogens is 2. The Morgan fingerprint density at radius 2 is 0.944 bits per heavy atom. The minimum Gasteiger partial charge on any atom is -0.382 e. The third-order valence-corrected chi connectivity index (χ3v) is 11.6. The van der Waals surface area contributed by atoms with E-state index in [1.54, 1.807) is 0 Å². The molecule has 4 amide bonds. The zero-order valence-electron chi connectivity index (χ0n) is 29.3. The van der Waals surface area contributed by atoms with E-state index < -0.39 is 11.8 Å². The molecule has 12 N–H and O–H groups in total. The number of hydrogen-bond acceptors (Lipinski definition) is 12. The van der Waals surface area contributed by atoms with E-state index in [-0.39, 0.29) is 79.7 Å². The first-order valence-corrected chi connectivity index (χ1v) is 18.5. The third kappa shape index (κ3) is 7.43. The number of nitrogens with zero attached hydrogens (tertiary/aromatic N) is 8. The molecule has 4 aliphatic heterocycles. The molecule has 2 spiro atoms. The van der Waals surface area contributed by atoms with Gasteiger partial charge in [-0.3, -0.25) is 19.2 Å². The number of anilines is 4. The van der Waals surface area contributed by atoms with E-state index in [0.29, 0.717) is 103 Å². The van der Waals surface area contributed by atoms with Crippen LogP contribution in [0.3, 0.4) is 0 Å². The fourth-order valence-corrected chi connectivity index (χ4v) is 8.10. The number of guanidine groups is 2. The van der Waals surface area contributed by atoms with Gasteiger partial charge in [-0.25, -0.2) is 19.9 Å². The Hall–Kier alpha value is -5.24. The number of piperidine rings is 2. The van der Waals surface area contributed by atoms with Crippen molar-refractivity contribution in [1.82, 2.24) is 51.0 Å². The first-order chi connectivity index (χ1) is 25.7. The highest BCUT2D eigenvalue weighted by atomic mass is 35.5. The summed E-state index contributed by atoms with van der Waals surface area (Å²) in [7, 11) is 0. The molecule has 5 aliphatic rings. The normalized spacial score (nSPS) is 24.6. The van der Waals surface area contributed by atoms with E-state index in [1.807, 2.05) is 9.80 Å². The van der Waals surface area contributed by atoms with Crippen LogP contribution in [0.5, 0.6) is 0 Å². The van der Waals surface area contributed by atoms with Crippen LogP contribution < -0.4 is 44.2 Å². The molecule has 7 rings (SSSR count). The van der Waals surface area contributed by atoms with Gasteiger partial charge in [0.1, 0.15) is 0 Å². The van der Waals surface area contributed by atoms with Gasteiger partial charge in [-0.1, -0.05) is 23.2 Å². The van der Waals surface area contributed by atoms with Crippen LogP contribution >= 0.6 is 23.2 Å². The van der Waals surface area contributed by atoms with Gasteiger partial charge in [0.15, 0.2) is 56.9 Å². The smallest absolute Gasteiger partial charge is 0.302 e. The summed E-state index contributed by atoms with van der Waals surface area (Å²) in [5.41, 5.74) is 21.7. The lowest BCUT2D eigenvalue weighted by atomic mass is 9.79. The SMILES string of the molecule is Nc1nc(N)c(C(=O)/N=C2\NCC3(CCN(C(=O)C4CCC(C(=O)N5CCC6(CC5)CN/C(=N\C(=O)c5nc(Cl)c(N)nc5N)N6)CC4)CC3)N2)nc1Cl. The number of nitrogen functional groups attached to an aromatic ring is 4. The van der Waals surface area contributed by atoms with Crippen molar-refractivity contribution < 1.29 is 19.2 Å². The minimum atomic E-state index is -0.706. The second kappa shape index (κ2) is 14.5. The van der Waals surface area contributed by atoms with Crippen molar-refractivity contribution in [3.63, 3.8) is 0 Å². The van der Waals surface area contributed by atoms with Crippen LogP contribution in [-0.2, 0) is 9.59 Å². The van der Waals surface area contributed by atoms with E-state index in [2.05, 4.69) is 51.2 Å². The van der Waals surface area contributed by atoms with E-state index >= 15 is 0 Å². The van der Waals surface area contributed by atoms with Gasteiger partial charge in [0.2, 0.25) is 11.8 Å². The molecule has 1 saturated carbocycles. The standard InChI is InChI=1S/C32H42Cl2N16O4/c33-19-23(37)43-21(35)17(41-19)25(51)45-29-39-13-31(47-29)5-9-49(10-6-31)27(53)15-1-2-16(4-3-15)28(54)50-11-7-32(8-12-50)14-40-30(48-32)46-26(52)18-22(36)44-24(38)20(34)42-18/h15-16H,1-14H2,(H4,35,37,43)(H4,36,38,44)(H2,39,45,47,51)(H2,40,46,48,52). The molecule has 0 bridgehead atoms. The minimum absolute atomic E-state index is 0.0740. The summed E-state index contributed by atoms with van der Waals surface area (Å²) in [6, 6.07) is 0. The maximum Gasteiger partial charge on any atom is 0.302 e. The topological polar surface area (TPSA) is 303 Å². The van der Waals surface area contributed by atoms with Crippen LogP contribution in [0, 0.1) is 11.8 Å². The maximum absolute atomic E-state index is 13.6. The number of nitrogens with two attached hydrogens (primary N) is 4. The molecule has 2 aromatic rings. The largest absolute Gasteiger partial charge is 0.382 e. The molecule has 54 heavy (non-hydrogen) atoms. The average molecular weight is 786 g/mol. The van der Waals surface area contributed by atoms with Crippen molar-refractivity contribution in [2.75, 3.05) is 62.2 Å². The van der Waals surface area contributed by atoms with Crippen molar-refractivity contribution >= 4 is 82.0 Å². The number of rotatable bonds is 4. The van der Waals surface area contributed by atoms with Crippen LogP contribution in [0.4, 0.5) is 23.3 Å². The second-order valence-corrected chi connectivity index (χ2v) is 15.2. The second-order valence-electron chi connectivity index (χ2n) is 14.5. The van der Waals surface area contributed by atoms with Gasteiger partial charge in [0, 0.05) is 51.1 Å². The quantitative estimate of drug-likeness (QED) is 0.194. The number of amides is 4. The molecule has 5 fully saturated rings. The number of nitrogens with one attached hydrogen (secondary N) is 4. The number of carbonyl (C=O) groups excluding carboxylic acids is 4. The lowest BCUT2D eigenvalue weighted by Gasteiger charge is -2.42. The number of likely N-dealkylation sites (tertiary alicyclic amines) is 2. The summed E-state index contributed by atoms with van der Waals surface area (Å²) in [4.78, 5) is 80.1. The average Bonchev–Trinajstić information content (AvgIpc) is 3.73. The Labute approximate surface area is 319 Å². The van der Waals surface area contributed by atoms with Crippen molar-refractivity contribution in [3.8, 4) is 0 Å². The number of aromatic nitrogens is 4. The van der Waals surface area contributed by atoms with Gasteiger partial charge in [-0.2, -0.15) is 9.98 Å². The monoisotopic (exact) mass is 784 g/mol. The van der Waals surface area contributed by atoms with Gasteiger partial charge in [-0.05, 0) is 51.4 Å². The number of hydrogen-bond donors (Lipinski definition) is 8. The van der Waals surface area contributed by atoms with Crippen molar-refractivity contribution in [3.05, 3.63) is 21.7 Å². The van der Waals surface area contributed by atoms with E-state index in [4.69, 9.17) is 46.1 Å². The summed E-state index contributed by atoms with van der Waals surface area (Å²) >= 11 is 11.8. The summed E-state index contributed by atoms with van der Waals surface area (Å²) in [6.07, 6.45) is 5.37. The van der Waals surface area contributed by atoms with Crippen LogP contribution in [0.15, 0.2) is 9.98 Å². The molecule has 0 atom stereocenters. The van der Waals surface area contributed by atoms with Gasteiger partial charge in [0.25, 0.3) is 0 Å². The Morgan fingerprint density at radius 3 is 1.30 bits per heavy atom. The summed E-state index contributed by atoms with van der Waals surface area (Å²) in [5, 5.41) is 12.7. The molecule has 4 saturated heterocycles. The van der Waals surface area contributed by atoms with E-state index in [0.717, 1.165) is 0 Å². The highest BCUT2D eigenvalue weighted by Gasteiger charge is 2.44. The molecule has 20 nitrogen and oxygen atoms in total. The Balaban J connectivity index is 0.846. The Kier molecular flexibility index (Phi) is 9.98. The first-order valence-electron chi connectivity index (χ1n) is 17.8. The van der Waals surface area contributed by atoms with Crippen LogP contribution in [0.25, 0.3) is 0 Å². The Morgan fingerprint density at radius 1 is 0.593 bits per heavy atom. The van der Waals surface area contributed by atoms with Gasteiger partial charge in [0.05, 0.1) is 11.1 Å². The first kappa shape index (κ1) is 37.1. The molecule has 22 heteroatoms.